The van der Waals surface area contributed by atoms with E-state index in [1.54, 1.807) is 0 Å². The second kappa shape index (κ2) is 5.57. The first-order valence-electron chi connectivity index (χ1n) is 7.30. The molecule has 2 rings (SSSR count). The van der Waals surface area contributed by atoms with Crippen molar-refractivity contribution in [3.05, 3.63) is 15.9 Å². The minimum absolute atomic E-state index is 0.357. The van der Waals surface area contributed by atoms with E-state index in [1.165, 1.54) is 6.42 Å². The summed E-state index contributed by atoms with van der Waals surface area (Å²) in [5.74, 6) is 0.967. The van der Waals surface area contributed by atoms with E-state index >= 15 is 0 Å². The molecule has 0 bridgehead atoms. The van der Waals surface area contributed by atoms with Gasteiger partial charge in [0.2, 0.25) is 0 Å². The maximum absolute atomic E-state index is 11.0. The lowest BCUT2D eigenvalue weighted by molar-refractivity contribution is -0.0573. The number of hydrogen-bond acceptors (Lipinski definition) is 2. The Labute approximate surface area is 124 Å². The largest absolute Gasteiger partial charge is 0.389 e. The van der Waals surface area contributed by atoms with E-state index in [-0.39, 0.29) is 0 Å². The van der Waals surface area contributed by atoms with Crippen molar-refractivity contribution in [2.75, 3.05) is 0 Å². The number of aliphatic hydroxyl groups is 1. The van der Waals surface area contributed by atoms with Gasteiger partial charge in [0, 0.05) is 13.5 Å². The zero-order valence-electron chi connectivity index (χ0n) is 12.4. The Bertz CT molecular complexity index is 457. The highest BCUT2D eigenvalue weighted by Gasteiger charge is 2.40. The molecule has 1 saturated carbocycles. The Morgan fingerprint density at radius 3 is 2.68 bits per heavy atom. The van der Waals surface area contributed by atoms with Crippen LogP contribution in [0.3, 0.4) is 0 Å². The molecule has 0 amide bonds. The third-order valence-corrected chi connectivity index (χ3v) is 5.60. The summed E-state index contributed by atoms with van der Waals surface area (Å²) in [6.07, 6.45) is 4.86. The molecule has 108 valence electrons. The van der Waals surface area contributed by atoms with E-state index in [1.807, 2.05) is 11.7 Å². The van der Waals surface area contributed by atoms with Gasteiger partial charge < -0.3 is 5.11 Å². The number of hydrogen-bond donors (Lipinski definition) is 1. The lowest BCUT2D eigenvalue weighted by Crippen LogP contribution is -2.44. The SMILES string of the molecule is CCc1nn(C)c(CC2(O)CC(C)CCC2C)c1Br. The summed E-state index contributed by atoms with van der Waals surface area (Å²) in [5, 5.41) is 15.6. The van der Waals surface area contributed by atoms with Gasteiger partial charge in [-0.1, -0.05) is 27.2 Å². The van der Waals surface area contributed by atoms with Crippen LogP contribution in [0.15, 0.2) is 4.47 Å². The molecule has 1 fully saturated rings. The maximum atomic E-state index is 11.0. The van der Waals surface area contributed by atoms with Crippen molar-refractivity contribution in [3.63, 3.8) is 0 Å². The van der Waals surface area contributed by atoms with E-state index in [0.29, 0.717) is 18.3 Å². The molecule has 3 nitrogen and oxygen atoms in total. The molecule has 19 heavy (non-hydrogen) atoms. The lowest BCUT2D eigenvalue weighted by Gasteiger charge is -2.41. The number of aromatic nitrogens is 2. The summed E-state index contributed by atoms with van der Waals surface area (Å²) in [6, 6.07) is 0. The third-order valence-electron chi connectivity index (χ3n) is 4.69. The van der Waals surface area contributed by atoms with Crippen molar-refractivity contribution in [2.45, 2.75) is 58.5 Å². The van der Waals surface area contributed by atoms with Gasteiger partial charge in [-0.2, -0.15) is 5.10 Å². The molecule has 3 atom stereocenters. The summed E-state index contributed by atoms with van der Waals surface area (Å²) in [4.78, 5) is 0. The van der Waals surface area contributed by atoms with Gasteiger partial charge in [0.15, 0.2) is 0 Å². The fourth-order valence-corrected chi connectivity index (χ4v) is 4.01. The Morgan fingerprint density at radius 1 is 1.42 bits per heavy atom. The highest BCUT2D eigenvalue weighted by Crippen LogP contribution is 2.40. The average molecular weight is 329 g/mol. The van der Waals surface area contributed by atoms with Gasteiger partial charge in [-0.15, -0.1) is 0 Å². The van der Waals surface area contributed by atoms with Crippen molar-refractivity contribution >= 4 is 15.9 Å². The average Bonchev–Trinajstić information content (AvgIpc) is 2.61. The molecule has 1 heterocycles. The summed E-state index contributed by atoms with van der Waals surface area (Å²) >= 11 is 3.65. The minimum Gasteiger partial charge on any atom is -0.389 e. The summed E-state index contributed by atoms with van der Waals surface area (Å²) < 4.78 is 3.00. The fourth-order valence-electron chi connectivity index (χ4n) is 3.26. The normalized spacial score (nSPS) is 31.7. The van der Waals surface area contributed by atoms with Gasteiger partial charge in [-0.25, -0.2) is 0 Å². The molecule has 1 aliphatic carbocycles. The Balaban J connectivity index is 2.26. The molecule has 3 unspecified atom stereocenters. The minimum atomic E-state index is -0.584. The van der Waals surface area contributed by atoms with Gasteiger partial charge in [0.25, 0.3) is 0 Å². The summed E-state index contributed by atoms with van der Waals surface area (Å²) in [6.45, 7) is 6.53. The van der Waals surface area contributed by atoms with Crippen molar-refractivity contribution in [3.8, 4) is 0 Å². The molecule has 1 aromatic heterocycles. The van der Waals surface area contributed by atoms with Crippen molar-refractivity contribution in [2.24, 2.45) is 18.9 Å². The topological polar surface area (TPSA) is 38.0 Å². The molecule has 1 aromatic rings. The Hall–Kier alpha value is -0.350. The van der Waals surface area contributed by atoms with E-state index in [4.69, 9.17) is 0 Å². The Kier molecular flexibility index (Phi) is 4.41. The van der Waals surface area contributed by atoms with Gasteiger partial charge in [0.05, 0.1) is 21.5 Å². The highest BCUT2D eigenvalue weighted by molar-refractivity contribution is 9.10. The van der Waals surface area contributed by atoms with Crippen LogP contribution in [-0.4, -0.2) is 20.5 Å². The monoisotopic (exact) mass is 328 g/mol. The van der Waals surface area contributed by atoms with Crippen molar-refractivity contribution in [1.29, 1.82) is 0 Å². The van der Waals surface area contributed by atoms with Gasteiger partial charge in [0.1, 0.15) is 0 Å². The standard InChI is InChI=1S/C15H25BrN2O/c1-5-12-14(16)13(18(4)17-12)9-15(19)8-10(2)6-7-11(15)3/h10-11,19H,5-9H2,1-4H3. The van der Waals surface area contributed by atoms with Crippen LogP contribution in [0.2, 0.25) is 0 Å². The van der Waals surface area contributed by atoms with E-state index in [0.717, 1.165) is 35.1 Å². The van der Waals surface area contributed by atoms with Gasteiger partial charge in [-0.05, 0) is 47.0 Å². The van der Waals surface area contributed by atoms with Crippen LogP contribution in [0.25, 0.3) is 0 Å². The molecular weight excluding hydrogens is 304 g/mol. The molecule has 0 spiro atoms. The summed E-state index contributed by atoms with van der Waals surface area (Å²) in [5.41, 5.74) is 1.62. The van der Waals surface area contributed by atoms with Crippen LogP contribution >= 0.6 is 15.9 Å². The first-order chi connectivity index (χ1) is 8.87. The highest BCUT2D eigenvalue weighted by atomic mass is 79.9. The maximum Gasteiger partial charge on any atom is 0.0766 e. The number of rotatable bonds is 3. The van der Waals surface area contributed by atoms with Crippen molar-refractivity contribution in [1.82, 2.24) is 9.78 Å². The van der Waals surface area contributed by atoms with E-state index in [2.05, 4.69) is 41.8 Å². The molecule has 0 saturated heterocycles. The van der Waals surface area contributed by atoms with E-state index < -0.39 is 5.60 Å². The quantitative estimate of drug-likeness (QED) is 0.922. The zero-order chi connectivity index (χ0) is 14.2. The first-order valence-corrected chi connectivity index (χ1v) is 8.09. The zero-order valence-corrected chi connectivity index (χ0v) is 14.0. The molecule has 0 aromatic carbocycles. The van der Waals surface area contributed by atoms with Crippen LogP contribution in [0.1, 0.15) is 51.4 Å². The second-order valence-electron chi connectivity index (χ2n) is 6.25. The third kappa shape index (κ3) is 2.89. The Morgan fingerprint density at radius 2 is 2.11 bits per heavy atom. The molecule has 4 heteroatoms. The molecular formula is C15H25BrN2O. The number of nitrogens with zero attached hydrogens (tertiary/aromatic N) is 2. The smallest absolute Gasteiger partial charge is 0.0766 e. The molecule has 0 radical (unpaired) electrons. The van der Waals surface area contributed by atoms with Crippen LogP contribution in [-0.2, 0) is 19.9 Å². The van der Waals surface area contributed by atoms with Crippen molar-refractivity contribution < 1.29 is 5.11 Å². The number of halogens is 1. The van der Waals surface area contributed by atoms with E-state index in [9.17, 15) is 5.11 Å². The molecule has 1 N–H and O–H groups in total. The lowest BCUT2D eigenvalue weighted by atomic mass is 9.70. The van der Waals surface area contributed by atoms with Crippen LogP contribution < -0.4 is 0 Å². The predicted molar refractivity (Wildman–Crippen MR) is 81.1 cm³/mol. The predicted octanol–water partition coefficient (Wildman–Crippen LogP) is 3.47. The first kappa shape index (κ1) is 15.0. The molecule has 0 aliphatic heterocycles. The van der Waals surface area contributed by atoms with Crippen LogP contribution in [0, 0.1) is 11.8 Å². The summed E-state index contributed by atoms with van der Waals surface area (Å²) in [7, 11) is 1.97. The van der Waals surface area contributed by atoms with Gasteiger partial charge in [-0.3, -0.25) is 4.68 Å². The van der Waals surface area contributed by atoms with Gasteiger partial charge >= 0.3 is 0 Å². The molecule has 1 aliphatic rings. The van der Waals surface area contributed by atoms with Crippen LogP contribution in [0.4, 0.5) is 0 Å². The fraction of sp³-hybridized carbons (Fsp3) is 0.800. The second-order valence-corrected chi connectivity index (χ2v) is 7.05. The number of aryl methyl sites for hydroxylation is 2. The van der Waals surface area contributed by atoms with Crippen LogP contribution in [0.5, 0.6) is 0 Å².